The number of carbonyl (C=O) groups is 1. The van der Waals surface area contributed by atoms with Crippen molar-refractivity contribution in [3.05, 3.63) is 0 Å². The molecule has 0 bridgehead atoms. The van der Waals surface area contributed by atoms with E-state index in [0.29, 0.717) is 58.8 Å². The van der Waals surface area contributed by atoms with Gasteiger partial charge in [0.2, 0.25) is 5.91 Å². The molecule has 1 amide bonds. The van der Waals surface area contributed by atoms with Crippen LogP contribution >= 0.6 is 0 Å². The normalized spacial score (nSPS) is 24.6. The first-order valence-electron chi connectivity index (χ1n) is 8.66. The van der Waals surface area contributed by atoms with E-state index in [-0.39, 0.29) is 11.8 Å². The van der Waals surface area contributed by atoms with Gasteiger partial charge in [-0.25, -0.2) is 0 Å². The van der Waals surface area contributed by atoms with Crippen LogP contribution in [0.25, 0.3) is 0 Å². The van der Waals surface area contributed by atoms with E-state index in [0.717, 1.165) is 6.42 Å². The number of nitrogens with two attached hydrogens (primary N) is 1. The van der Waals surface area contributed by atoms with Crippen LogP contribution < -0.4 is 5.73 Å². The molecule has 2 aliphatic heterocycles. The molecule has 0 radical (unpaired) electrons. The molecule has 24 heavy (non-hydrogen) atoms. The van der Waals surface area contributed by atoms with E-state index in [4.69, 9.17) is 10.5 Å². The van der Waals surface area contributed by atoms with Crippen LogP contribution in [-0.4, -0.2) is 74.4 Å². The smallest absolute Gasteiger partial charge is 0.381 e. The molecule has 0 aliphatic carbocycles. The molecule has 2 heterocycles. The number of hydrogen-bond acceptors (Lipinski definition) is 4. The van der Waals surface area contributed by atoms with Gasteiger partial charge in [-0.05, 0) is 31.7 Å². The van der Waals surface area contributed by atoms with Crippen molar-refractivity contribution in [2.45, 2.75) is 32.4 Å². The lowest BCUT2D eigenvalue weighted by Gasteiger charge is -2.37. The standard InChI is InChI=1S/C16H28F3N3O2/c1-2-21(12-16(17,18)19)9-13-3-6-22(10-13)14(23)15(11-20)4-7-24-8-5-15/h13H,2-12,20H2,1H3. The predicted octanol–water partition coefficient (Wildman–Crippen LogP) is 1.47. The number of rotatable bonds is 6. The van der Waals surface area contributed by atoms with Crippen LogP contribution in [-0.2, 0) is 9.53 Å². The highest BCUT2D eigenvalue weighted by atomic mass is 19.4. The predicted molar refractivity (Wildman–Crippen MR) is 84.4 cm³/mol. The monoisotopic (exact) mass is 351 g/mol. The molecule has 2 saturated heterocycles. The number of ether oxygens (including phenoxy) is 1. The van der Waals surface area contributed by atoms with Gasteiger partial charge in [-0.1, -0.05) is 6.92 Å². The second-order valence-corrected chi connectivity index (χ2v) is 6.95. The van der Waals surface area contributed by atoms with E-state index >= 15 is 0 Å². The highest BCUT2D eigenvalue weighted by Crippen LogP contribution is 2.33. The van der Waals surface area contributed by atoms with Gasteiger partial charge in [-0.15, -0.1) is 0 Å². The third-order valence-corrected chi connectivity index (χ3v) is 5.23. The number of carbonyl (C=O) groups excluding carboxylic acids is 1. The molecule has 140 valence electrons. The number of halogens is 3. The Bertz CT molecular complexity index is 425. The van der Waals surface area contributed by atoms with Crippen LogP contribution in [0.4, 0.5) is 13.2 Å². The van der Waals surface area contributed by atoms with Gasteiger partial charge in [0.25, 0.3) is 0 Å². The zero-order chi connectivity index (χ0) is 17.8. The van der Waals surface area contributed by atoms with Gasteiger partial charge in [0.15, 0.2) is 0 Å². The number of alkyl halides is 3. The third-order valence-electron chi connectivity index (χ3n) is 5.23. The summed E-state index contributed by atoms with van der Waals surface area (Å²) in [6.45, 7) is 4.07. The fourth-order valence-corrected chi connectivity index (χ4v) is 3.69. The molecule has 2 aliphatic rings. The van der Waals surface area contributed by atoms with Gasteiger partial charge in [-0.3, -0.25) is 9.69 Å². The summed E-state index contributed by atoms with van der Waals surface area (Å²) in [7, 11) is 0. The van der Waals surface area contributed by atoms with E-state index in [1.54, 1.807) is 11.8 Å². The maximum absolute atomic E-state index is 12.9. The minimum absolute atomic E-state index is 0.0506. The van der Waals surface area contributed by atoms with E-state index < -0.39 is 18.1 Å². The lowest BCUT2D eigenvalue weighted by Crippen LogP contribution is -2.50. The summed E-state index contributed by atoms with van der Waals surface area (Å²) >= 11 is 0. The molecular weight excluding hydrogens is 323 g/mol. The number of amides is 1. The van der Waals surface area contributed by atoms with Crippen molar-refractivity contribution in [2.24, 2.45) is 17.1 Å². The van der Waals surface area contributed by atoms with Crippen LogP contribution in [0, 0.1) is 11.3 Å². The van der Waals surface area contributed by atoms with Crippen molar-refractivity contribution in [2.75, 3.05) is 52.5 Å². The van der Waals surface area contributed by atoms with E-state index in [1.165, 1.54) is 4.90 Å². The first-order chi connectivity index (χ1) is 11.3. The van der Waals surface area contributed by atoms with Gasteiger partial charge < -0.3 is 15.4 Å². The summed E-state index contributed by atoms with van der Waals surface area (Å²) < 4.78 is 43.1. The van der Waals surface area contributed by atoms with Crippen molar-refractivity contribution >= 4 is 5.91 Å². The van der Waals surface area contributed by atoms with Crippen LogP contribution in [0.5, 0.6) is 0 Å². The molecule has 1 unspecified atom stereocenters. The minimum atomic E-state index is -4.18. The van der Waals surface area contributed by atoms with Crippen molar-refractivity contribution in [3.63, 3.8) is 0 Å². The minimum Gasteiger partial charge on any atom is -0.381 e. The molecule has 5 nitrogen and oxygen atoms in total. The maximum atomic E-state index is 12.9. The Morgan fingerprint density at radius 3 is 2.58 bits per heavy atom. The Balaban J connectivity index is 1.90. The first-order valence-corrected chi connectivity index (χ1v) is 8.66. The molecule has 8 heteroatoms. The summed E-state index contributed by atoms with van der Waals surface area (Å²) in [6.07, 6.45) is -2.19. The van der Waals surface area contributed by atoms with E-state index in [1.807, 2.05) is 0 Å². The van der Waals surface area contributed by atoms with Crippen molar-refractivity contribution in [1.82, 2.24) is 9.80 Å². The van der Waals surface area contributed by atoms with Gasteiger partial charge in [0.05, 0.1) is 12.0 Å². The van der Waals surface area contributed by atoms with Crippen LogP contribution in [0.1, 0.15) is 26.2 Å². The molecule has 1 atom stereocenters. The van der Waals surface area contributed by atoms with Crippen LogP contribution in [0.3, 0.4) is 0 Å². The summed E-state index contributed by atoms with van der Waals surface area (Å²) in [5, 5.41) is 0. The van der Waals surface area contributed by atoms with Gasteiger partial charge >= 0.3 is 6.18 Å². The summed E-state index contributed by atoms with van der Waals surface area (Å²) in [4.78, 5) is 16.1. The fraction of sp³-hybridized carbons (Fsp3) is 0.938. The fourth-order valence-electron chi connectivity index (χ4n) is 3.69. The van der Waals surface area contributed by atoms with Gasteiger partial charge in [0, 0.05) is 39.4 Å². The van der Waals surface area contributed by atoms with Crippen molar-refractivity contribution in [1.29, 1.82) is 0 Å². The second-order valence-electron chi connectivity index (χ2n) is 6.95. The summed E-state index contributed by atoms with van der Waals surface area (Å²) in [5.41, 5.74) is 5.32. The van der Waals surface area contributed by atoms with Gasteiger partial charge in [-0.2, -0.15) is 13.2 Å². The Morgan fingerprint density at radius 2 is 2.04 bits per heavy atom. The lowest BCUT2D eigenvalue weighted by atomic mass is 9.79. The third kappa shape index (κ3) is 4.83. The molecule has 0 aromatic heterocycles. The number of hydrogen-bond donors (Lipinski definition) is 1. The first kappa shape index (κ1) is 19.5. The van der Waals surface area contributed by atoms with Crippen molar-refractivity contribution < 1.29 is 22.7 Å². The summed E-state index contributed by atoms with van der Waals surface area (Å²) in [5.74, 6) is 0.139. The second kappa shape index (κ2) is 8.01. The summed E-state index contributed by atoms with van der Waals surface area (Å²) in [6, 6.07) is 0. The largest absolute Gasteiger partial charge is 0.401 e. The Morgan fingerprint density at radius 1 is 1.38 bits per heavy atom. The highest BCUT2D eigenvalue weighted by Gasteiger charge is 2.43. The maximum Gasteiger partial charge on any atom is 0.401 e. The Hall–Kier alpha value is -0.860. The molecule has 0 spiro atoms. The SMILES string of the molecule is CCN(CC1CCN(C(=O)C2(CN)CCOCC2)C1)CC(F)(F)F. The Labute approximate surface area is 141 Å². The molecule has 0 aromatic carbocycles. The number of nitrogens with zero attached hydrogens (tertiary/aromatic N) is 2. The lowest BCUT2D eigenvalue weighted by molar-refractivity contribution is -0.148. The molecule has 2 N–H and O–H groups in total. The van der Waals surface area contributed by atoms with Crippen molar-refractivity contribution in [3.8, 4) is 0 Å². The van der Waals surface area contributed by atoms with E-state index in [2.05, 4.69) is 0 Å². The molecule has 2 fully saturated rings. The molecular formula is C16H28F3N3O2. The van der Waals surface area contributed by atoms with E-state index in [9.17, 15) is 18.0 Å². The average molecular weight is 351 g/mol. The molecule has 2 rings (SSSR count). The highest BCUT2D eigenvalue weighted by molar-refractivity contribution is 5.83. The molecule has 0 aromatic rings. The van der Waals surface area contributed by atoms with Crippen LogP contribution in [0.15, 0.2) is 0 Å². The number of likely N-dealkylation sites (tertiary alicyclic amines) is 1. The average Bonchev–Trinajstić information content (AvgIpc) is 3.01. The zero-order valence-electron chi connectivity index (χ0n) is 14.3. The quantitative estimate of drug-likeness (QED) is 0.787. The zero-order valence-corrected chi connectivity index (χ0v) is 14.3. The van der Waals surface area contributed by atoms with Gasteiger partial charge in [0.1, 0.15) is 0 Å². The Kier molecular flexibility index (Phi) is 6.50. The van der Waals surface area contributed by atoms with Crippen LogP contribution in [0.2, 0.25) is 0 Å². The molecule has 0 saturated carbocycles. The topological polar surface area (TPSA) is 58.8 Å².